The summed E-state index contributed by atoms with van der Waals surface area (Å²) < 4.78 is 4.91. The zero-order valence-corrected chi connectivity index (χ0v) is 11.0. The van der Waals surface area contributed by atoms with Crippen LogP contribution in [0.2, 0.25) is 0 Å². The Kier molecular flexibility index (Phi) is 3.69. The van der Waals surface area contributed by atoms with Crippen molar-refractivity contribution in [2.45, 2.75) is 19.4 Å². The zero-order valence-electron chi connectivity index (χ0n) is 11.0. The molecule has 1 aliphatic heterocycles. The number of hydrogen-bond acceptors (Lipinski definition) is 4. The van der Waals surface area contributed by atoms with Gasteiger partial charge in [-0.25, -0.2) is 4.79 Å². The molecule has 1 saturated heterocycles. The van der Waals surface area contributed by atoms with Crippen molar-refractivity contribution in [3.63, 3.8) is 0 Å². The molecule has 0 atom stereocenters. The molecule has 19 heavy (non-hydrogen) atoms. The van der Waals surface area contributed by atoms with Crippen molar-refractivity contribution in [1.29, 1.82) is 0 Å². The van der Waals surface area contributed by atoms with Crippen LogP contribution in [0.25, 0.3) is 0 Å². The van der Waals surface area contributed by atoms with E-state index in [0.717, 1.165) is 0 Å². The fourth-order valence-electron chi connectivity index (χ4n) is 1.92. The highest BCUT2D eigenvalue weighted by molar-refractivity contribution is 5.92. The third-order valence-corrected chi connectivity index (χ3v) is 3.07. The molecule has 1 aromatic heterocycles. The van der Waals surface area contributed by atoms with Crippen molar-refractivity contribution in [2.75, 3.05) is 19.7 Å². The summed E-state index contributed by atoms with van der Waals surface area (Å²) in [6.45, 7) is 5.07. The molecule has 0 aromatic carbocycles. The monoisotopic (exact) mass is 263 g/mol. The van der Waals surface area contributed by atoms with Gasteiger partial charge in [-0.1, -0.05) is 6.07 Å². The van der Waals surface area contributed by atoms with Crippen LogP contribution < -0.4 is 5.32 Å². The SMILES string of the molecule is CC(C)(CNC(=O)c1ccccn1)N1CCOC1=O. The van der Waals surface area contributed by atoms with Gasteiger partial charge in [0.05, 0.1) is 12.1 Å². The van der Waals surface area contributed by atoms with Gasteiger partial charge in [0, 0.05) is 12.7 Å². The third kappa shape index (κ3) is 3.01. The maximum Gasteiger partial charge on any atom is 0.410 e. The molecule has 0 saturated carbocycles. The first kappa shape index (κ1) is 13.3. The van der Waals surface area contributed by atoms with E-state index in [9.17, 15) is 9.59 Å². The zero-order chi connectivity index (χ0) is 13.9. The van der Waals surface area contributed by atoms with Crippen LogP contribution in [0.1, 0.15) is 24.3 Å². The summed E-state index contributed by atoms with van der Waals surface area (Å²) in [5.74, 6) is -0.249. The maximum atomic E-state index is 11.9. The lowest BCUT2D eigenvalue weighted by molar-refractivity contribution is 0.0898. The molecule has 1 N–H and O–H groups in total. The minimum absolute atomic E-state index is 0.249. The van der Waals surface area contributed by atoms with Gasteiger partial charge >= 0.3 is 6.09 Å². The van der Waals surface area contributed by atoms with Crippen molar-refractivity contribution in [3.8, 4) is 0 Å². The number of rotatable bonds is 4. The Morgan fingerprint density at radius 3 is 2.89 bits per heavy atom. The van der Waals surface area contributed by atoms with Crippen LogP contribution in [0.3, 0.4) is 0 Å². The Morgan fingerprint density at radius 1 is 1.53 bits per heavy atom. The fraction of sp³-hybridized carbons (Fsp3) is 0.462. The maximum absolute atomic E-state index is 11.9. The van der Waals surface area contributed by atoms with Crippen LogP contribution in [0.15, 0.2) is 24.4 Å². The molecule has 6 heteroatoms. The second kappa shape index (κ2) is 5.26. The normalized spacial score (nSPS) is 15.3. The van der Waals surface area contributed by atoms with Crippen LogP contribution in [0.5, 0.6) is 0 Å². The summed E-state index contributed by atoms with van der Waals surface area (Å²) in [5, 5.41) is 2.79. The van der Waals surface area contributed by atoms with Crippen LogP contribution in [-0.2, 0) is 4.74 Å². The van der Waals surface area contributed by atoms with Crippen molar-refractivity contribution in [3.05, 3.63) is 30.1 Å². The largest absolute Gasteiger partial charge is 0.448 e. The minimum atomic E-state index is -0.488. The number of ether oxygens (including phenoxy) is 1. The van der Waals surface area contributed by atoms with E-state index < -0.39 is 5.54 Å². The second-order valence-electron chi connectivity index (χ2n) is 4.98. The lowest BCUT2D eigenvalue weighted by atomic mass is 10.0. The molecular formula is C13H17N3O3. The van der Waals surface area contributed by atoms with Gasteiger partial charge in [0.25, 0.3) is 5.91 Å². The fourth-order valence-corrected chi connectivity index (χ4v) is 1.92. The number of carbonyl (C=O) groups excluding carboxylic acids is 2. The van der Waals surface area contributed by atoms with E-state index in [-0.39, 0.29) is 12.0 Å². The quantitative estimate of drug-likeness (QED) is 0.881. The second-order valence-corrected chi connectivity index (χ2v) is 4.98. The van der Waals surface area contributed by atoms with Gasteiger partial charge in [-0.05, 0) is 26.0 Å². The van der Waals surface area contributed by atoms with Crippen molar-refractivity contribution >= 4 is 12.0 Å². The molecular weight excluding hydrogens is 246 g/mol. The first-order valence-corrected chi connectivity index (χ1v) is 6.14. The smallest absolute Gasteiger partial charge is 0.410 e. The molecule has 0 radical (unpaired) electrons. The summed E-state index contributed by atoms with van der Waals surface area (Å²) >= 11 is 0. The first-order valence-electron chi connectivity index (χ1n) is 6.14. The molecule has 1 aliphatic rings. The molecule has 2 rings (SSSR count). The highest BCUT2D eigenvalue weighted by Crippen LogP contribution is 2.18. The van der Waals surface area contributed by atoms with Crippen LogP contribution >= 0.6 is 0 Å². The molecule has 2 heterocycles. The number of cyclic esters (lactones) is 1. The van der Waals surface area contributed by atoms with Gasteiger partial charge in [0.1, 0.15) is 12.3 Å². The Labute approximate surface area is 111 Å². The molecule has 1 aromatic rings. The van der Waals surface area contributed by atoms with Crippen LogP contribution in [0.4, 0.5) is 4.79 Å². The van der Waals surface area contributed by atoms with Gasteiger partial charge in [-0.3, -0.25) is 14.7 Å². The van der Waals surface area contributed by atoms with Crippen molar-refractivity contribution < 1.29 is 14.3 Å². The van der Waals surface area contributed by atoms with E-state index in [2.05, 4.69) is 10.3 Å². The first-order chi connectivity index (χ1) is 9.00. The van der Waals surface area contributed by atoms with Crippen LogP contribution in [-0.4, -0.2) is 47.1 Å². The molecule has 0 spiro atoms. The number of nitrogens with zero attached hydrogens (tertiary/aromatic N) is 2. The Balaban J connectivity index is 1.94. The molecule has 6 nitrogen and oxygen atoms in total. The summed E-state index contributed by atoms with van der Waals surface area (Å²) in [5.41, 5.74) is -0.125. The topological polar surface area (TPSA) is 71.5 Å². The van der Waals surface area contributed by atoms with E-state index in [1.165, 1.54) is 0 Å². The lowest BCUT2D eigenvalue weighted by Crippen LogP contribution is -2.52. The summed E-state index contributed by atoms with van der Waals surface area (Å²) in [4.78, 5) is 29.0. The Bertz CT molecular complexity index is 473. The molecule has 0 bridgehead atoms. The van der Waals surface area contributed by atoms with Crippen molar-refractivity contribution in [1.82, 2.24) is 15.2 Å². The lowest BCUT2D eigenvalue weighted by Gasteiger charge is -2.33. The highest BCUT2D eigenvalue weighted by Gasteiger charge is 2.35. The number of nitrogens with one attached hydrogen (secondary N) is 1. The van der Waals surface area contributed by atoms with E-state index >= 15 is 0 Å². The molecule has 2 amide bonds. The Hall–Kier alpha value is -2.11. The number of carbonyl (C=O) groups is 2. The van der Waals surface area contributed by atoms with Crippen molar-refractivity contribution in [2.24, 2.45) is 0 Å². The summed E-state index contributed by atoms with van der Waals surface area (Å²) in [7, 11) is 0. The predicted octanol–water partition coefficient (Wildman–Crippen LogP) is 1.04. The average molecular weight is 263 g/mol. The van der Waals surface area contributed by atoms with Gasteiger partial charge in [-0.15, -0.1) is 0 Å². The van der Waals surface area contributed by atoms with Gasteiger partial charge in [0.2, 0.25) is 0 Å². The number of pyridine rings is 1. The number of aromatic nitrogens is 1. The van der Waals surface area contributed by atoms with E-state index in [4.69, 9.17) is 4.74 Å². The third-order valence-electron chi connectivity index (χ3n) is 3.07. The van der Waals surface area contributed by atoms with E-state index in [1.807, 2.05) is 13.8 Å². The number of amides is 2. The van der Waals surface area contributed by atoms with Crippen LogP contribution in [0, 0.1) is 0 Å². The van der Waals surface area contributed by atoms with E-state index in [1.54, 1.807) is 29.3 Å². The van der Waals surface area contributed by atoms with E-state index in [0.29, 0.717) is 25.4 Å². The molecule has 0 unspecified atom stereocenters. The highest BCUT2D eigenvalue weighted by atomic mass is 16.6. The standard InChI is InChI=1S/C13H17N3O3/c1-13(2,16-7-8-19-12(16)18)9-15-11(17)10-5-3-4-6-14-10/h3-6H,7-9H2,1-2H3,(H,15,17). The average Bonchev–Trinajstić information content (AvgIpc) is 2.84. The minimum Gasteiger partial charge on any atom is -0.448 e. The summed E-state index contributed by atoms with van der Waals surface area (Å²) in [6, 6.07) is 5.15. The molecule has 102 valence electrons. The summed E-state index contributed by atoms with van der Waals surface area (Å²) in [6.07, 6.45) is 1.23. The van der Waals surface area contributed by atoms with Gasteiger partial charge in [-0.2, -0.15) is 0 Å². The van der Waals surface area contributed by atoms with Gasteiger partial charge < -0.3 is 10.1 Å². The predicted molar refractivity (Wildman–Crippen MR) is 68.7 cm³/mol. The van der Waals surface area contributed by atoms with Gasteiger partial charge in [0.15, 0.2) is 0 Å². The molecule has 0 aliphatic carbocycles. The molecule has 1 fully saturated rings. The number of hydrogen-bond donors (Lipinski definition) is 1. The Morgan fingerprint density at radius 2 is 2.32 bits per heavy atom.